The maximum absolute atomic E-state index is 10.9. The summed E-state index contributed by atoms with van der Waals surface area (Å²) in [5.41, 5.74) is 0. The van der Waals surface area contributed by atoms with Crippen LogP contribution in [0.25, 0.3) is 0 Å². The number of hydrogen-bond donors (Lipinski definition) is 1. The number of aliphatic hydroxyl groups excluding tert-OH is 1. The van der Waals surface area contributed by atoms with Crippen LogP contribution in [0.2, 0.25) is 0 Å². The second kappa shape index (κ2) is 5.92. The third-order valence-corrected chi connectivity index (χ3v) is 2.16. The van der Waals surface area contributed by atoms with Crippen molar-refractivity contribution >= 4 is 5.95 Å². The summed E-state index contributed by atoms with van der Waals surface area (Å²) in [6, 6.07) is 0. The molecule has 0 aliphatic carbocycles. The molecule has 1 aromatic rings. The van der Waals surface area contributed by atoms with E-state index in [4.69, 9.17) is 13.7 Å². The van der Waals surface area contributed by atoms with E-state index >= 15 is 0 Å². The molecular weight excluding hydrogens is 236 g/mol. The maximum Gasteiger partial charge on any atom is 0.434 e. The van der Waals surface area contributed by atoms with E-state index in [-0.39, 0.29) is 4.90 Å². The van der Waals surface area contributed by atoms with Crippen molar-refractivity contribution in [2.24, 2.45) is 0 Å². The lowest BCUT2D eigenvalue weighted by Gasteiger charge is -2.28. The molecule has 2 rings (SSSR count). The number of nitro groups is 1. The Balaban J connectivity index is 2.40. The lowest BCUT2D eigenvalue weighted by molar-refractivity contribution is -0.397. The molecule has 1 saturated heterocycles. The summed E-state index contributed by atoms with van der Waals surface area (Å²) in [6.45, 7) is -8.21. The van der Waals surface area contributed by atoms with Crippen molar-refractivity contribution in [3.63, 3.8) is 0 Å². The summed E-state index contributed by atoms with van der Waals surface area (Å²) in [4.78, 5) is 13.6. The van der Waals surface area contributed by atoms with Crippen molar-refractivity contribution in [3.05, 3.63) is 22.5 Å². The minimum atomic E-state index is -3.54. The monoisotopic (exact) mass is 264 g/mol. The van der Waals surface area contributed by atoms with Crippen LogP contribution in [0.15, 0.2) is 12.4 Å². The molecule has 0 aromatic carbocycles. The van der Waals surface area contributed by atoms with Gasteiger partial charge in [0.25, 0.3) is 0 Å². The molecule has 7 nitrogen and oxygen atoms in total. The fourth-order valence-electron chi connectivity index (χ4n) is 1.45. The van der Waals surface area contributed by atoms with E-state index in [0.717, 1.165) is 17.0 Å². The van der Waals surface area contributed by atoms with Crippen LogP contribution in [0.1, 0.15) is 32.8 Å². The highest BCUT2D eigenvalue weighted by molar-refractivity contribution is 5.06. The molecule has 0 spiro atoms. The predicted molar refractivity (Wildman–Crippen MR) is 65.2 cm³/mol. The van der Waals surface area contributed by atoms with Crippen molar-refractivity contribution in [2.75, 3.05) is 19.5 Å². The van der Waals surface area contributed by atoms with E-state index < -0.39 is 62.2 Å². The van der Waals surface area contributed by atoms with E-state index in [1.807, 2.05) is 0 Å². The first-order valence-corrected chi connectivity index (χ1v) is 5.04. The smallest absolute Gasteiger partial charge is 0.390 e. The fourth-order valence-corrected chi connectivity index (χ4v) is 1.45. The van der Waals surface area contributed by atoms with Gasteiger partial charge in [0.2, 0.25) is 0 Å². The molecule has 0 radical (unpaired) electrons. The second-order valence-corrected chi connectivity index (χ2v) is 3.50. The van der Waals surface area contributed by atoms with Crippen molar-refractivity contribution in [3.8, 4) is 0 Å². The van der Waals surface area contributed by atoms with E-state index in [0.29, 0.717) is 0 Å². The summed E-state index contributed by atoms with van der Waals surface area (Å²) in [5.74, 6) is -0.634. The SMILES string of the molecule is [2H]C1([2H])N(CC(O)Cn2ccnc2[N+](=O)[O-])C([2H])([2H])C([2H])([2H])C([2H])([2H])C1([2H])[2H]. The molecule has 1 atom stereocenters. The van der Waals surface area contributed by atoms with Gasteiger partial charge < -0.3 is 20.1 Å². The number of likely N-dealkylation sites (tertiary alicyclic amines) is 1. The largest absolute Gasteiger partial charge is 0.434 e. The Kier molecular flexibility index (Phi) is 1.73. The van der Waals surface area contributed by atoms with Crippen LogP contribution < -0.4 is 0 Å². The second-order valence-electron chi connectivity index (χ2n) is 3.50. The number of aromatic nitrogens is 2. The predicted octanol–water partition coefficient (Wildman–Crippen LogP) is 0.638. The molecule has 18 heavy (non-hydrogen) atoms. The van der Waals surface area contributed by atoms with Gasteiger partial charge in [0.05, 0.1) is 12.6 Å². The Morgan fingerprint density at radius 3 is 2.89 bits per heavy atom. The normalized spacial score (nSPS) is 40.9. The average molecular weight is 264 g/mol. The van der Waals surface area contributed by atoms with Crippen LogP contribution in [-0.2, 0) is 6.54 Å². The molecule has 2 heterocycles. The zero-order valence-electron chi connectivity index (χ0n) is 19.2. The standard InChI is InChI=1S/C11H18N4O3/c16-10(8-13-5-2-1-3-6-13)9-14-7-4-12-11(14)15(17)18/h4,7,10,16H,1-3,5-6,8-9H2/i1D2,2D2,3D2,5D2,6D2. The van der Waals surface area contributed by atoms with Crippen molar-refractivity contribution in [1.29, 1.82) is 0 Å². The zero-order chi connectivity index (χ0) is 21.9. The summed E-state index contributed by atoms with van der Waals surface area (Å²) < 4.78 is 79.4. The van der Waals surface area contributed by atoms with Crippen LogP contribution in [0.4, 0.5) is 5.95 Å². The molecule has 100 valence electrons. The molecule has 1 unspecified atom stereocenters. The number of hydrogen-bond acceptors (Lipinski definition) is 5. The highest BCUT2D eigenvalue weighted by atomic mass is 16.6. The Hall–Kier alpha value is -1.47. The van der Waals surface area contributed by atoms with Gasteiger partial charge in [-0.25, -0.2) is 4.57 Å². The average Bonchev–Trinajstić information content (AvgIpc) is 2.98. The van der Waals surface area contributed by atoms with Gasteiger partial charge >= 0.3 is 5.95 Å². The Morgan fingerprint density at radius 2 is 2.22 bits per heavy atom. The first-order valence-electron chi connectivity index (χ1n) is 10.0. The van der Waals surface area contributed by atoms with E-state index in [9.17, 15) is 15.2 Å². The van der Waals surface area contributed by atoms with Gasteiger partial charge in [0.15, 0.2) is 0 Å². The highest BCUT2D eigenvalue weighted by Gasteiger charge is 2.20. The number of rotatable bonds is 5. The van der Waals surface area contributed by atoms with Crippen LogP contribution in [0.3, 0.4) is 0 Å². The number of β-amino-alcohol motifs (C(OH)–C–C–N with tert-alkyl or cyclic N) is 1. The number of imidazole rings is 1. The van der Waals surface area contributed by atoms with E-state index in [2.05, 4.69) is 4.98 Å². The first-order chi connectivity index (χ1) is 12.4. The minimum Gasteiger partial charge on any atom is -0.390 e. The van der Waals surface area contributed by atoms with Gasteiger partial charge in [-0.3, -0.25) is 0 Å². The molecule has 0 amide bonds. The van der Waals surface area contributed by atoms with Gasteiger partial charge in [-0.05, 0) is 30.7 Å². The first kappa shape index (κ1) is 5.26. The third kappa shape index (κ3) is 3.27. The Morgan fingerprint density at radius 1 is 1.50 bits per heavy atom. The fraction of sp³-hybridized carbons (Fsp3) is 0.727. The molecule has 0 saturated carbocycles. The molecule has 0 bridgehead atoms. The number of aliphatic hydroxyl groups is 1. The number of piperidine rings is 1. The molecule has 1 fully saturated rings. The lowest BCUT2D eigenvalue weighted by Crippen LogP contribution is -2.38. The maximum atomic E-state index is 10.9. The summed E-state index contributed by atoms with van der Waals surface area (Å²) in [6.07, 6.45) is -9.98. The van der Waals surface area contributed by atoms with Gasteiger partial charge in [-0.2, -0.15) is 0 Å². The highest BCUT2D eigenvalue weighted by Crippen LogP contribution is 2.12. The van der Waals surface area contributed by atoms with Crippen molar-refractivity contribution in [1.82, 2.24) is 14.5 Å². The zero-order valence-corrected chi connectivity index (χ0v) is 9.20. The van der Waals surface area contributed by atoms with Crippen LogP contribution in [-0.4, -0.2) is 50.1 Å². The Labute approximate surface area is 119 Å². The molecule has 1 aliphatic rings. The molecule has 7 heteroatoms. The third-order valence-electron chi connectivity index (χ3n) is 2.16. The van der Waals surface area contributed by atoms with Gasteiger partial charge in [-0.1, -0.05) is 11.4 Å². The molecule has 1 aromatic heterocycles. The van der Waals surface area contributed by atoms with Crippen LogP contribution >= 0.6 is 0 Å². The van der Waals surface area contributed by atoms with Gasteiger partial charge in [0, 0.05) is 20.3 Å². The summed E-state index contributed by atoms with van der Waals surface area (Å²) >= 11 is 0. The molecule has 1 N–H and O–H groups in total. The topological polar surface area (TPSA) is 84.4 Å². The lowest BCUT2D eigenvalue weighted by atomic mass is 10.1. The number of nitrogens with zero attached hydrogens (tertiary/aromatic N) is 4. The van der Waals surface area contributed by atoms with Gasteiger partial charge in [-0.15, -0.1) is 0 Å². The quantitative estimate of drug-likeness (QED) is 0.623. The van der Waals surface area contributed by atoms with E-state index in [1.165, 1.54) is 0 Å². The van der Waals surface area contributed by atoms with Crippen molar-refractivity contribution in [2.45, 2.75) is 31.8 Å². The van der Waals surface area contributed by atoms with Crippen LogP contribution in [0.5, 0.6) is 0 Å². The minimum absolute atomic E-state index is 0.0781. The molecular formula is C11H18N4O3. The summed E-state index contributed by atoms with van der Waals surface area (Å²) in [5, 5.41) is 21.1. The van der Waals surface area contributed by atoms with Crippen LogP contribution in [0, 0.1) is 10.1 Å². The van der Waals surface area contributed by atoms with Crippen molar-refractivity contribution < 1.29 is 23.7 Å². The van der Waals surface area contributed by atoms with E-state index in [1.54, 1.807) is 0 Å². The van der Waals surface area contributed by atoms with Gasteiger partial charge in [0.1, 0.15) is 12.4 Å². The Bertz CT molecular complexity index is 738. The molecule has 1 aliphatic heterocycles. The summed E-state index contributed by atoms with van der Waals surface area (Å²) in [7, 11) is 0.